The molecule has 0 unspecified atom stereocenters. The van der Waals surface area contributed by atoms with Crippen LogP contribution in [0.15, 0.2) is 41.5 Å². The van der Waals surface area contributed by atoms with Gasteiger partial charge in [-0.15, -0.1) is 0 Å². The average Bonchev–Trinajstić information content (AvgIpc) is 3.54. The van der Waals surface area contributed by atoms with E-state index in [9.17, 15) is 13.2 Å². The third kappa shape index (κ3) is 5.07. The number of benzene rings is 1. The van der Waals surface area contributed by atoms with E-state index in [1.54, 1.807) is 4.90 Å². The number of anilines is 2. The van der Waals surface area contributed by atoms with E-state index < -0.39 is 23.0 Å². The Morgan fingerprint density at radius 2 is 1.83 bits per heavy atom. The van der Waals surface area contributed by atoms with E-state index in [-0.39, 0.29) is 24.2 Å². The van der Waals surface area contributed by atoms with Crippen LogP contribution in [0.25, 0.3) is 0 Å². The molecule has 2 aromatic heterocycles. The molecular weight excluding hydrogens is 466 g/mol. The Morgan fingerprint density at radius 1 is 1.09 bits per heavy atom. The van der Waals surface area contributed by atoms with Crippen molar-refractivity contribution >= 4 is 11.6 Å². The first-order valence-electron chi connectivity index (χ1n) is 11.5. The fourth-order valence-electron chi connectivity index (χ4n) is 4.48. The molecule has 0 amide bonds. The molecule has 3 heterocycles. The lowest BCUT2D eigenvalue weighted by Gasteiger charge is -2.35. The van der Waals surface area contributed by atoms with Gasteiger partial charge >= 0.3 is 6.18 Å². The summed E-state index contributed by atoms with van der Waals surface area (Å²) in [6.07, 6.45) is 1.41. The minimum absolute atomic E-state index is 0.0643. The van der Waals surface area contributed by atoms with Crippen LogP contribution >= 0.6 is 0 Å². The molecule has 1 aromatic carbocycles. The molecule has 1 saturated heterocycles. The Balaban J connectivity index is 1.35. The number of nitrogens with zero attached hydrogens (tertiary/aromatic N) is 5. The van der Waals surface area contributed by atoms with Crippen LogP contribution in [0.1, 0.15) is 42.6 Å². The SMILES string of the molecule is Fc1c(NCC2(c3ncon3)CCNCC2)ncnc1N(Cc1ccc(C(F)(F)F)cc1)C1CC1. The summed E-state index contributed by atoms with van der Waals surface area (Å²) in [6, 6.07) is 5.00. The normalized spacial score (nSPS) is 17.8. The Labute approximate surface area is 199 Å². The largest absolute Gasteiger partial charge is 0.416 e. The van der Waals surface area contributed by atoms with Crippen LogP contribution in [0.4, 0.5) is 29.2 Å². The van der Waals surface area contributed by atoms with Gasteiger partial charge in [0.15, 0.2) is 17.5 Å². The zero-order chi connectivity index (χ0) is 24.5. The van der Waals surface area contributed by atoms with Gasteiger partial charge in [0.05, 0.1) is 11.0 Å². The molecule has 186 valence electrons. The predicted molar refractivity (Wildman–Crippen MR) is 119 cm³/mol. The number of rotatable bonds is 8. The number of aromatic nitrogens is 4. The Kier molecular flexibility index (Phi) is 6.30. The Hall–Kier alpha value is -3.28. The highest BCUT2D eigenvalue weighted by Crippen LogP contribution is 2.36. The minimum Gasteiger partial charge on any atom is -0.366 e. The van der Waals surface area contributed by atoms with Crippen molar-refractivity contribution in [2.75, 3.05) is 29.9 Å². The van der Waals surface area contributed by atoms with Crippen LogP contribution in [-0.4, -0.2) is 45.8 Å². The average molecular weight is 491 g/mol. The topological polar surface area (TPSA) is 92.0 Å². The minimum atomic E-state index is -4.40. The number of nitrogens with one attached hydrogen (secondary N) is 2. The van der Waals surface area contributed by atoms with E-state index in [0.29, 0.717) is 17.9 Å². The van der Waals surface area contributed by atoms with Crippen molar-refractivity contribution < 1.29 is 22.1 Å². The number of piperidine rings is 1. The molecule has 1 aliphatic heterocycles. The second-order valence-electron chi connectivity index (χ2n) is 9.05. The molecule has 1 saturated carbocycles. The van der Waals surface area contributed by atoms with Gasteiger partial charge < -0.3 is 20.1 Å². The van der Waals surface area contributed by atoms with Crippen molar-refractivity contribution in [1.82, 2.24) is 25.4 Å². The van der Waals surface area contributed by atoms with Gasteiger partial charge in [-0.3, -0.25) is 0 Å². The third-order valence-electron chi connectivity index (χ3n) is 6.66. The van der Waals surface area contributed by atoms with Crippen LogP contribution in [0.3, 0.4) is 0 Å². The first-order valence-corrected chi connectivity index (χ1v) is 11.5. The summed E-state index contributed by atoms with van der Waals surface area (Å²) in [7, 11) is 0. The summed E-state index contributed by atoms with van der Waals surface area (Å²) < 4.78 is 59.3. The highest BCUT2D eigenvalue weighted by atomic mass is 19.4. The molecule has 1 aliphatic carbocycles. The van der Waals surface area contributed by atoms with Crippen molar-refractivity contribution in [2.24, 2.45) is 0 Å². The van der Waals surface area contributed by atoms with Crippen molar-refractivity contribution in [3.05, 3.63) is 59.8 Å². The van der Waals surface area contributed by atoms with Crippen molar-refractivity contribution in [3.8, 4) is 0 Å². The lowest BCUT2D eigenvalue weighted by atomic mass is 9.78. The molecule has 2 N–H and O–H groups in total. The maximum absolute atomic E-state index is 15.6. The molecule has 0 atom stereocenters. The third-order valence-corrected chi connectivity index (χ3v) is 6.66. The molecule has 35 heavy (non-hydrogen) atoms. The zero-order valence-electron chi connectivity index (χ0n) is 18.9. The number of hydrogen-bond donors (Lipinski definition) is 2. The molecule has 0 spiro atoms. The van der Waals surface area contributed by atoms with E-state index >= 15 is 4.39 Å². The quantitative estimate of drug-likeness (QED) is 0.458. The van der Waals surface area contributed by atoms with E-state index in [4.69, 9.17) is 4.52 Å². The summed E-state index contributed by atoms with van der Waals surface area (Å²) in [4.78, 5) is 14.3. The maximum atomic E-state index is 15.6. The van der Waals surface area contributed by atoms with Gasteiger partial charge in [-0.25, -0.2) is 9.97 Å². The lowest BCUT2D eigenvalue weighted by molar-refractivity contribution is -0.137. The molecular formula is C23H25F4N7O. The highest BCUT2D eigenvalue weighted by Gasteiger charge is 2.39. The Bertz CT molecular complexity index is 1130. The van der Waals surface area contributed by atoms with E-state index in [2.05, 4.69) is 30.7 Å². The van der Waals surface area contributed by atoms with Crippen LogP contribution < -0.4 is 15.5 Å². The summed E-state index contributed by atoms with van der Waals surface area (Å²) in [5.74, 6) is 0.171. The predicted octanol–water partition coefficient (Wildman–Crippen LogP) is 3.92. The van der Waals surface area contributed by atoms with Gasteiger partial charge in [0.2, 0.25) is 12.2 Å². The molecule has 2 fully saturated rings. The van der Waals surface area contributed by atoms with Crippen LogP contribution in [0.5, 0.6) is 0 Å². The molecule has 0 radical (unpaired) electrons. The zero-order valence-corrected chi connectivity index (χ0v) is 18.9. The van der Waals surface area contributed by atoms with E-state index in [1.165, 1.54) is 24.9 Å². The van der Waals surface area contributed by atoms with Gasteiger partial charge in [0.1, 0.15) is 6.33 Å². The van der Waals surface area contributed by atoms with Crippen LogP contribution in [-0.2, 0) is 18.1 Å². The van der Waals surface area contributed by atoms with Gasteiger partial charge in [-0.05, 0) is 56.5 Å². The standard InChI is InChI=1S/C23H25F4N7O/c24-18-19(29-12-22(7-9-28-10-8-22)21-32-14-35-33-21)30-13-31-20(18)34(17-5-6-17)11-15-1-3-16(4-2-15)23(25,26)27/h1-4,13-14,17,28H,5-12H2,(H,29,30,31). The summed E-state index contributed by atoms with van der Waals surface area (Å²) in [6.45, 7) is 2.16. The molecule has 8 nitrogen and oxygen atoms in total. The second kappa shape index (κ2) is 9.40. The first kappa shape index (κ1) is 23.5. The molecule has 12 heteroatoms. The molecule has 3 aromatic rings. The number of hydrogen-bond acceptors (Lipinski definition) is 8. The van der Waals surface area contributed by atoms with Crippen molar-refractivity contribution in [3.63, 3.8) is 0 Å². The molecule has 0 bridgehead atoms. The second-order valence-corrected chi connectivity index (χ2v) is 9.05. The Morgan fingerprint density at radius 3 is 2.46 bits per heavy atom. The van der Waals surface area contributed by atoms with E-state index in [1.807, 2.05) is 0 Å². The lowest BCUT2D eigenvalue weighted by Crippen LogP contribution is -2.45. The number of alkyl halides is 3. The van der Waals surface area contributed by atoms with Crippen molar-refractivity contribution in [2.45, 2.75) is 49.9 Å². The first-order chi connectivity index (χ1) is 16.9. The van der Waals surface area contributed by atoms with Crippen LogP contribution in [0, 0.1) is 5.82 Å². The monoisotopic (exact) mass is 491 g/mol. The maximum Gasteiger partial charge on any atom is 0.416 e. The molecule has 2 aliphatic rings. The van der Waals surface area contributed by atoms with Gasteiger partial charge in [0, 0.05) is 19.1 Å². The van der Waals surface area contributed by atoms with E-state index in [0.717, 1.165) is 50.9 Å². The summed E-state index contributed by atoms with van der Waals surface area (Å²) in [5, 5.41) is 10.5. The highest BCUT2D eigenvalue weighted by molar-refractivity contribution is 5.53. The van der Waals surface area contributed by atoms with Gasteiger partial charge in [0.25, 0.3) is 0 Å². The fourth-order valence-corrected chi connectivity index (χ4v) is 4.48. The fraction of sp³-hybridized carbons (Fsp3) is 0.478. The smallest absolute Gasteiger partial charge is 0.366 e. The van der Waals surface area contributed by atoms with Crippen molar-refractivity contribution in [1.29, 1.82) is 0 Å². The molecule has 5 rings (SSSR count). The summed E-state index contributed by atoms with van der Waals surface area (Å²) in [5.41, 5.74) is -0.498. The van der Waals surface area contributed by atoms with Crippen LogP contribution in [0.2, 0.25) is 0 Å². The summed E-state index contributed by atoms with van der Waals surface area (Å²) >= 11 is 0. The van der Waals surface area contributed by atoms with Gasteiger partial charge in [-0.2, -0.15) is 22.5 Å². The van der Waals surface area contributed by atoms with Gasteiger partial charge in [-0.1, -0.05) is 17.3 Å². The number of halogens is 4.